The zero-order valence-electron chi connectivity index (χ0n) is 9.49. The number of hydrogen-bond donors (Lipinski definition) is 1. The molecule has 1 aliphatic heterocycles. The molecule has 2 rings (SSSR count). The van der Waals surface area contributed by atoms with Crippen LogP contribution in [0.4, 0.5) is 11.5 Å². The molecule has 1 fully saturated rings. The van der Waals surface area contributed by atoms with Gasteiger partial charge in [0.25, 0.3) is 0 Å². The van der Waals surface area contributed by atoms with Gasteiger partial charge >= 0.3 is 0 Å². The van der Waals surface area contributed by atoms with Crippen molar-refractivity contribution >= 4 is 23.1 Å². The van der Waals surface area contributed by atoms with Crippen molar-refractivity contribution in [2.24, 2.45) is 0 Å². The highest BCUT2D eigenvalue weighted by molar-refractivity contribution is 6.29. The summed E-state index contributed by atoms with van der Waals surface area (Å²) in [6, 6.07) is 3.56. The lowest BCUT2D eigenvalue weighted by Crippen LogP contribution is -2.46. The van der Waals surface area contributed by atoms with Crippen molar-refractivity contribution in [1.29, 1.82) is 0 Å². The first kappa shape index (κ1) is 11.5. The quantitative estimate of drug-likeness (QED) is 0.795. The van der Waals surface area contributed by atoms with Crippen molar-refractivity contribution < 1.29 is 0 Å². The molecule has 2 N–H and O–H groups in total. The lowest BCUT2D eigenvalue weighted by molar-refractivity contribution is 0.270. The standard InChI is InChI=1S/C11H17ClN4/c1-2-15-3-5-16(6-4-15)11-8-9(13)7-10(12)14-11/h7-8H,2-6H2,1H3,(H2,13,14). The van der Waals surface area contributed by atoms with Gasteiger partial charge < -0.3 is 15.5 Å². The van der Waals surface area contributed by atoms with Gasteiger partial charge in [-0.05, 0) is 12.6 Å². The second-order valence-electron chi connectivity index (χ2n) is 4.00. The fraction of sp³-hybridized carbons (Fsp3) is 0.545. The minimum atomic E-state index is 0.466. The highest BCUT2D eigenvalue weighted by atomic mass is 35.5. The van der Waals surface area contributed by atoms with E-state index in [1.54, 1.807) is 6.07 Å². The number of halogens is 1. The SMILES string of the molecule is CCN1CCN(c2cc(N)cc(Cl)n2)CC1. The van der Waals surface area contributed by atoms with Crippen LogP contribution in [0.1, 0.15) is 6.92 Å². The first-order chi connectivity index (χ1) is 7.69. The Morgan fingerprint density at radius 1 is 1.31 bits per heavy atom. The Morgan fingerprint density at radius 3 is 2.56 bits per heavy atom. The van der Waals surface area contributed by atoms with E-state index in [0.29, 0.717) is 10.8 Å². The van der Waals surface area contributed by atoms with Crippen LogP contribution in [0.5, 0.6) is 0 Å². The molecule has 1 aromatic rings. The maximum Gasteiger partial charge on any atom is 0.133 e. The Balaban J connectivity index is 2.08. The number of aromatic nitrogens is 1. The molecule has 0 atom stereocenters. The highest BCUT2D eigenvalue weighted by Crippen LogP contribution is 2.20. The van der Waals surface area contributed by atoms with Crippen LogP contribution in [-0.2, 0) is 0 Å². The van der Waals surface area contributed by atoms with Crippen LogP contribution in [0, 0.1) is 0 Å². The molecule has 0 aromatic carbocycles. The van der Waals surface area contributed by atoms with Crippen LogP contribution in [0.2, 0.25) is 5.15 Å². The number of anilines is 2. The molecule has 1 aromatic heterocycles. The molecule has 0 aliphatic carbocycles. The number of piperazine rings is 1. The Bertz CT molecular complexity index is 341. The van der Waals surface area contributed by atoms with Gasteiger partial charge in [0.15, 0.2) is 0 Å². The van der Waals surface area contributed by atoms with E-state index < -0.39 is 0 Å². The van der Waals surface area contributed by atoms with Crippen LogP contribution < -0.4 is 10.6 Å². The van der Waals surface area contributed by atoms with E-state index >= 15 is 0 Å². The number of nitrogen functional groups attached to an aromatic ring is 1. The summed E-state index contributed by atoms with van der Waals surface area (Å²) in [5.74, 6) is 0.890. The molecule has 0 bridgehead atoms. The number of likely N-dealkylation sites (N-methyl/N-ethyl adjacent to an activating group) is 1. The van der Waals surface area contributed by atoms with E-state index in [0.717, 1.165) is 38.5 Å². The third-order valence-corrected chi connectivity index (χ3v) is 3.14. The smallest absolute Gasteiger partial charge is 0.133 e. The predicted octanol–water partition coefficient (Wildman–Crippen LogP) is 1.46. The molecule has 0 spiro atoms. The topological polar surface area (TPSA) is 45.4 Å². The van der Waals surface area contributed by atoms with Gasteiger partial charge in [0.1, 0.15) is 11.0 Å². The second kappa shape index (κ2) is 4.89. The second-order valence-corrected chi connectivity index (χ2v) is 4.39. The fourth-order valence-corrected chi connectivity index (χ4v) is 2.17. The molecule has 0 radical (unpaired) electrons. The van der Waals surface area contributed by atoms with Crippen LogP contribution in [0.15, 0.2) is 12.1 Å². The van der Waals surface area contributed by atoms with Gasteiger partial charge in [0.05, 0.1) is 0 Å². The Labute approximate surface area is 101 Å². The summed E-state index contributed by atoms with van der Waals surface area (Å²) in [6.45, 7) is 7.42. The summed E-state index contributed by atoms with van der Waals surface area (Å²) in [6.07, 6.45) is 0. The van der Waals surface area contributed by atoms with Gasteiger partial charge in [0.2, 0.25) is 0 Å². The van der Waals surface area contributed by atoms with E-state index in [1.165, 1.54) is 0 Å². The fourth-order valence-electron chi connectivity index (χ4n) is 1.96. The Hall–Kier alpha value is -1.00. The maximum atomic E-state index is 5.90. The molecule has 0 unspecified atom stereocenters. The third kappa shape index (κ3) is 2.57. The third-order valence-electron chi connectivity index (χ3n) is 2.95. The van der Waals surface area contributed by atoms with Crippen molar-refractivity contribution in [1.82, 2.24) is 9.88 Å². The molecule has 5 heteroatoms. The zero-order valence-corrected chi connectivity index (χ0v) is 10.2. The number of nitrogens with zero attached hydrogens (tertiary/aromatic N) is 3. The molecule has 16 heavy (non-hydrogen) atoms. The summed E-state index contributed by atoms with van der Waals surface area (Å²) >= 11 is 5.90. The average Bonchev–Trinajstić information content (AvgIpc) is 2.28. The van der Waals surface area contributed by atoms with E-state index in [1.807, 2.05) is 6.07 Å². The number of pyridine rings is 1. The van der Waals surface area contributed by atoms with E-state index in [-0.39, 0.29) is 0 Å². The average molecular weight is 241 g/mol. The van der Waals surface area contributed by atoms with Gasteiger partial charge in [-0.15, -0.1) is 0 Å². The molecule has 0 amide bonds. The summed E-state index contributed by atoms with van der Waals surface area (Å²) in [7, 11) is 0. The van der Waals surface area contributed by atoms with Crippen molar-refractivity contribution in [2.45, 2.75) is 6.92 Å². The first-order valence-corrected chi connectivity index (χ1v) is 5.97. The Morgan fingerprint density at radius 2 is 2.00 bits per heavy atom. The van der Waals surface area contributed by atoms with Crippen LogP contribution in [0.3, 0.4) is 0 Å². The molecule has 4 nitrogen and oxygen atoms in total. The first-order valence-electron chi connectivity index (χ1n) is 5.59. The molecule has 1 aliphatic rings. The number of hydrogen-bond acceptors (Lipinski definition) is 4. The van der Waals surface area contributed by atoms with Crippen LogP contribution in [0.25, 0.3) is 0 Å². The lowest BCUT2D eigenvalue weighted by Gasteiger charge is -2.34. The summed E-state index contributed by atoms with van der Waals surface area (Å²) in [5.41, 5.74) is 6.43. The maximum absolute atomic E-state index is 5.90. The van der Waals surface area contributed by atoms with E-state index in [2.05, 4.69) is 21.7 Å². The molecule has 2 heterocycles. The van der Waals surface area contributed by atoms with Gasteiger partial charge in [-0.1, -0.05) is 18.5 Å². The molecule has 0 saturated carbocycles. The minimum absolute atomic E-state index is 0.466. The normalized spacial score (nSPS) is 17.8. The van der Waals surface area contributed by atoms with Gasteiger partial charge in [0, 0.05) is 37.9 Å². The van der Waals surface area contributed by atoms with Crippen molar-refractivity contribution in [3.05, 3.63) is 17.3 Å². The van der Waals surface area contributed by atoms with E-state index in [4.69, 9.17) is 17.3 Å². The molecule has 1 saturated heterocycles. The number of nitrogens with two attached hydrogens (primary N) is 1. The summed E-state index contributed by atoms with van der Waals surface area (Å²) < 4.78 is 0. The zero-order chi connectivity index (χ0) is 11.5. The van der Waals surface area contributed by atoms with Gasteiger partial charge in [-0.3, -0.25) is 0 Å². The largest absolute Gasteiger partial charge is 0.399 e. The Kier molecular flexibility index (Phi) is 3.51. The lowest BCUT2D eigenvalue weighted by atomic mass is 10.3. The van der Waals surface area contributed by atoms with Crippen molar-refractivity contribution in [3.63, 3.8) is 0 Å². The minimum Gasteiger partial charge on any atom is -0.399 e. The summed E-state index contributed by atoms with van der Waals surface area (Å²) in [4.78, 5) is 8.95. The molecular weight excluding hydrogens is 224 g/mol. The molecule has 88 valence electrons. The monoisotopic (exact) mass is 240 g/mol. The predicted molar refractivity (Wildman–Crippen MR) is 68.0 cm³/mol. The van der Waals surface area contributed by atoms with Gasteiger partial charge in [-0.25, -0.2) is 4.98 Å². The van der Waals surface area contributed by atoms with Gasteiger partial charge in [-0.2, -0.15) is 0 Å². The van der Waals surface area contributed by atoms with E-state index in [9.17, 15) is 0 Å². The highest BCUT2D eigenvalue weighted by Gasteiger charge is 2.17. The number of rotatable bonds is 2. The van der Waals surface area contributed by atoms with Crippen LogP contribution in [-0.4, -0.2) is 42.6 Å². The van der Waals surface area contributed by atoms with Crippen LogP contribution >= 0.6 is 11.6 Å². The summed E-state index contributed by atoms with van der Waals surface area (Å²) in [5, 5.41) is 0.466. The van der Waals surface area contributed by atoms with Crippen molar-refractivity contribution in [3.8, 4) is 0 Å². The van der Waals surface area contributed by atoms with Crippen molar-refractivity contribution in [2.75, 3.05) is 43.4 Å². The molecular formula is C11H17ClN4.